The van der Waals surface area contributed by atoms with Gasteiger partial charge in [0.05, 0.1) is 10.6 Å². The summed E-state index contributed by atoms with van der Waals surface area (Å²) >= 11 is 0. The van der Waals surface area contributed by atoms with E-state index < -0.39 is 16.4 Å². The van der Waals surface area contributed by atoms with Crippen LogP contribution in [-0.4, -0.2) is 15.0 Å². The molecule has 3 N–H and O–H groups in total. The Morgan fingerprint density at radius 3 is 2.65 bits per heavy atom. The molecule has 104 valence electrons. The van der Waals surface area contributed by atoms with E-state index in [0.29, 0.717) is 0 Å². The number of aryl methyl sites for hydroxylation is 1. The maximum absolute atomic E-state index is 11.0. The van der Waals surface area contributed by atoms with Crippen LogP contribution in [0.25, 0.3) is 0 Å². The number of nitrogens with zero attached hydrogens (tertiary/aromatic N) is 2. The van der Waals surface area contributed by atoms with Crippen molar-refractivity contribution in [3.63, 3.8) is 0 Å². The minimum Gasteiger partial charge on any atom is -0.504 e. The van der Waals surface area contributed by atoms with E-state index in [4.69, 9.17) is 10.5 Å². The van der Waals surface area contributed by atoms with Crippen LogP contribution in [0.2, 0.25) is 0 Å². The van der Waals surface area contributed by atoms with Crippen molar-refractivity contribution in [2.75, 3.05) is 5.73 Å². The van der Waals surface area contributed by atoms with E-state index in [-0.39, 0.29) is 23.9 Å². The van der Waals surface area contributed by atoms with Gasteiger partial charge in [0.1, 0.15) is 6.61 Å². The number of nitrogen functional groups attached to an aromatic ring is 1. The fourth-order valence-corrected chi connectivity index (χ4v) is 1.68. The molecule has 0 spiro atoms. The third-order valence-corrected chi connectivity index (χ3v) is 2.73. The molecule has 1 aromatic heterocycles. The number of rotatable bonds is 4. The number of hydrogen-bond donors (Lipinski definition) is 2. The van der Waals surface area contributed by atoms with E-state index in [1.165, 1.54) is 6.92 Å². The lowest BCUT2D eigenvalue weighted by molar-refractivity contribution is -0.385. The lowest BCUT2D eigenvalue weighted by Crippen LogP contribution is -2.05. The highest BCUT2D eigenvalue weighted by Crippen LogP contribution is 2.39. The van der Waals surface area contributed by atoms with Gasteiger partial charge in [0.25, 0.3) is 5.88 Å². The zero-order valence-corrected chi connectivity index (χ0v) is 10.7. The van der Waals surface area contributed by atoms with E-state index in [0.717, 1.165) is 5.56 Å². The summed E-state index contributed by atoms with van der Waals surface area (Å²) < 4.78 is 5.36. The maximum Gasteiger partial charge on any atom is 0.357 e. The van der Waals surface area contributed by atoms with Crippen LogP contribution in [0.15, 0.2) is 30.3 Å². The summed E-state index contributed by atoms with van der Waals surface area (Å²) in [7, 11) is 0. The van der Waals surface area contributed by atoms with Crippen LogP contribution >= 0.6 is 0 Å². The van der Waals surface area contributed by atoms with Crippen molar-refractivity contribution in [1.82, 2.24) is 4.98 Å². The highest BCUT2D eigenvalue weighted by molar-refractivity contribution is 5.71. The zero-order valence-electron chi connectivity index (χ0n) is 10.7. The van der Waals surface area contributed by atoms with Crippen molar-refractivity contribution in [1.29, 1.82) is 0 Å². The van der Waals surface area contributed by atoms with Gasteiger partial charge in [-0.05, 0) is 12.5 Å². The number of aromatic hydroxyl groups is 1. The number of hydrogen-bond acceptors (Lipinski definition) is 6. The van der Waals surface area contributed by atoms with Crippen molar-refractivity contribution < 1.29 is 14.8 Å². The monoisotopic (exact) mass is 275 g/mol. The topological polar surface area (TPSA) is 112 Å². The van der Waals surface area contributed by atoms with Crippen LogP contribution in [-0.2, 0) is 6.61 Å². The summed E-state index contributed by atoms with van der Waals surface area (Å²) in [6.07, 6.45) is 0. The Morgan fingerprint density at radius 2 is 2.05 bits per heavy atom. The first-order valence-electron chi connectivity index (χ1n) is 5.81. The third-order valence-electron chi connectivity index (χ3n) is 2.73. The average Bonchev–Trinajstić information content (AvgIpc) is 2.43. The highest BCUT2D eigenvalue weighted by atomic mass is 16.6. The molecular weight excluding hydrogens is 262 g/mol. The molecular formula is C13H13N3O4. The number of ether oxygens (including phenoxy) is 1. The number of anilines is 1. The molecule has 0 fully saturated rings. The van der Waals surface area contributed by atoms with E-state index in [2.05, 4.69) is 4.98 Å². The molecule has 0 unspecified atom stereocenters. The molecule has 2 rings (SSSR count). The molecule has 0 radical (unpaired) electrons. The molecule has 0 atom stereocenters. The molecule has 0 amide bonds. The van der Waals surface area contributed by atoms with Crippen molar-refractivity contribution in [2.24, 2.45) is 0 Å². The first-order valence-corrected chi connectivity index (χ1v) is 5.81. The van der Waals surface area contributed by atoms with Gasteiger partial charge in [0.2, 0.25) is 0 Å². The Labute approximate surface area is 114 Å². The predicted octanol–water partition coefficient (Wildman–Crippen LogP) is 2.17. The Hall–Kier alpha value is -2.83. The quantitative estimate of drug-likeness (QED) is 0.653. The predicted molar refractivity (Wildman–Crippen MR) is 72.5 cm³/mol. The van der Waals surface area contributed by atoms with Gasteiger partial charge in [-0.15, -0.1) is 0 Å². The highest BCUT2D eigenvalue weighted by Gasteiger charge is 2.26. The van der Waals surface area contributed by atoms with Crippen molar-refractivity contribution in [3.05, 3.63) is 51.7 Å². The molecule has 1 aromatic carbocycles. The van der Waals surface area contributed by atoms with Crippen LogP contribution in [0.1, 0.15) is 11.3 Å². The summed E-state index contributed by atoms with van der Waals surface area (Å²) in [5, 5.41) is 20.6. The lowest BCUT2D eigenvalue weighted by Gasteiger charge is -2.09. The Morgan fingerprint density at radius 1 is 1.40 bits per heavy atom. The van der Waals surface area contributed by atoms with Crippen LogP contribution in [0.5, 0.6) is 11.6 Å². The van der Waals surface area contributed by atoms with Crippen LogP contribution < -0.4 is 10.5 Å². The standard InChI is InChI=1S/C13H13N3O4/c1-8-12(17)10(14)11(16(18)19)13(15-8)20-7-9-5-3-2-4-6-9/h2-6,17H,7H2,1H3,(H2,14,15). The van der Waals surface area contributed by atoms with Gasteiger partial charge >= 0.3 is 5.69 Å². The number of pyridine rings is 1. The normalized spacial score (nSPS) is 10.2. The SMILES string of the molecule is Cc1nc(OCc2ccccc2)c([N+](=O)[O-])c(N)c1O. The van der Waals surface area contributed by atoms with Crippen molar-refractivity contribution >= 4 is 11.4 Å². The second-order valence-electron chi connectivity index (χ2n) is 4.14. The van der Waals surface area contributed by atoms with Gasteiger partial charge in [0, 0.05) is 0 Å². The summed E-state index contributed by atoms with van der Waals surface area (Å²) in [4.78, 5) is 14.2. The Kier molecular flexibility index (Phi) is 3.69. The first kappa shape index (κ1) is 13.6. The Bertz CT molecular complexity index is 644. The van der Waals surface area contributed by atoms with E-state index in [1.54, 1.807) is 0 Å². The molecule has 20 heavy (non-hydrogen) atoms. The molecule has 0 bridgehead atoms. The van der Waals surface area contributed by atoms with Gasteiger partial charge < -0.3 is 15.6 Å². The number of nitro groups is 1. The molecule has 7 heteroatoms. The fraction of sp³-hybridized carbons (Fsp3) is 0.154. The second kappa shape index (κ2) is 5.43. The third kappa shape index (κ3) is 2.61. The summed E-state index contributed by atoms with van der Waals surface area (Å²) in [5.41, 5.74) is 5.69. The van der Waals surface area contributed by atoms with Crippen molar-refractivity contribution in [3.8, 4) is 11.6 Å². The van der Waals surface area contributed by atoms with E-state index >= 15 is 0 Å². The van der Waals surface area contributed by atoms with Gasteiger partial charge in [-0.3, -0.25) is 10.1 Å². The average molecular weight is 275 g/mol. The molecule has 2 aromatic rings. The lowest BCUT2D eigenvalue weighted by atomic mass is 10.2. The van der Waals surface area contributed by atoms with Crippen LogP contribution in [0.3, 0.4) is 0 Å². The minimum atomic E-state index is -0.720. The zero-order chi connectivity index (χ0) is 14.7. The first-order chi connectivity index (χ1) is 9.50. The van der Waals surface area contributed by atoms with E-state index in [1.807, 2.05) is 30.3 Å². The minimum absolute atomic E-state index is 0.123. The fourth-order valence-electron chi connectivity index (χ4n) is 1.68. The van der Waals surface area contributed by atoms with Crippen LogP contribution in [0, 0.1) is 17.0 Å². The van der Waals surface area contributed by atoms with Gasteiger partial charge in [0.15, 0.2) is 11.4 Å². The number of aromatic nitrogens is 1. The maximum atomic E-state index is 11.0. The molecule has 0 aliphatic carbocycles. The van der Waals surface area contributed by atoms with E-state index in [9.17, 15) is 15.2 Å². The van der Waals surface area contributed by atoms with Gasteiger partial charge in [-0.25, -0.2) is 4.98 Å². The number of nitrogens with two attached hydrogens (primary N) is 1. The summed E-state index contributed by atoms with van der Waals surface area (Å²) in [6, 6.07) is 9.16. The second-order valence-corrected chi connectivity index (χ2v) is 4.14. The smallest absolute Gasteiger partial charge is 0.357 e. The Balaban J connectivity index is 2.34. The van der Waals surface area contributed by atoms with Gasteiger partial charge in [-0.2, -0.15) is 0 Å². The summed E-state index contributed by atoms with van der Waals surface area (Å²) in [6.45, 7) is 1.61. The molecule has 0 saturated carbocycles. The molecule has 0 saturated heterocycles. The molecule has 0 aliphatic heterocycles. The summed E-state index contributed by atoms with van der Waals surface area (Å²) in [5.74, 6) is -0.601. The molecule has 7 nitrogen and oxygen atoms in total. The van der Waals surface area contributed by atoms with Crippen molar-refractivity contribution in [2.45, 2.75) is 13.5 Å². The van der Waals surface area contributed by atoms with Crippen LogP contribution in [0.4, 0.5) is 11.4 Å². The number of benzene rings is 1. The largest absolute Gasteiger partial charge is 0.504 e. The molecule has 1 heterocycles. The van der Waals surface area contributed by atoms with Gasteiger partial charge in [-0.1, -0.05) is 30.3 Å². The molecule has 0 aliphatic rings.